The summed E-state index contributed by atoms with van der Waals surface area (Å²) < 4.78 is 39.7. The summed E-state index contributed by atoms with van der Waals surface area (Å²) in [6, 6.07) is 0. The molecular weight excluding hydrogens is 219 g/mol. The molecule has 0 bridgehead atoms. The number of nitrogens with zero attached hydrogens (tertiary/aromatic N) is 1. The second kappa shape index (κ2) is 3.95. The average molecular weight is 227 g/mol. The molecule has 1 heterocycles. The van der Waals surface area contributed by atoms with Crippen LogP contribution in [-0.4, -0.2) is 47.4 Å². The van der Waals surface area contributed by atoms with Crippen molar-refractivity contribution in [3.8, 4) is 0 Å². The molecule has 86 valence electrons. The minimum Gasteiger partial charge on any atom is -0.478 e. The number of aliphatic carboxylic acids is 1. The smallest absolute Gasteiger partial charge is 0.410 e. The van der Waals surface area contributed by atoms with E-state index in [1.165, 1.54) is 0 Å². The van der Waals surface area contributed by atoms with Crippen LogP contribution in [0.2, 0.25) is 0 Å². The zero-order valence-electron chi connectivity index (χ0n) is 7.45. The summed E-state index contributed by atoms with van der Waals surface area (Å²) in [6.45, 7) is -0.920. The van der Waals surface area contributed by atoms with E-state index in [2.05, 4.69) is 4.74 Å². The number of carboxylic acids is 1. The molecule has 1 fully saturated rings. The van der Waals surface area contributed by atoms with Crippen LogP contribution in [0.25, 0.3) is 0 Å². The number of hydrogen-bond donors (Lipinski definition) is 1. The van der Waals surface area contributed by atoms with Crippen molar-refractivity contribution in [1.29, 1.82) is 0 Å². The third-order valence-corrected chi connectivity index (χ3v) is 1.83. The Kier molecular flexibility index (Phi) is 3.06. The monoisotopic (exact) mass is 227 g/mol. The lowest BCUT2D eigenvalue weighted by Gasteiger charge is -2.13. The lowest BCUT2D eigenvalue weighted by Crippen LogP contribution is -2.31. The predicted octanol–water partition coefficient (Wildman–Crippen LogP) is 0.844. The Labute approximate surface area is 82.4 Å². The first-order valence-corrected chi connectivity index (χ1v) is 4.05. The lowest BCUT2D eigenvalue weighted by molar-refractivity contribution is -0.144. The molecule has 0 radical (unpaired) electrons. The maximum Gasteiger partial charge on any atom is 0.410 e. The molecule has 1 atom stereocenters. The van der Waals surface area contributed by atoms with Crippen LogP contribution in [0.1, 0.15) is 6.42 Å². The Balaban J connectivity index is 2.45. The SMILES string of the molecule is O=C(O)C1CN(CCC(F)(F)F)C(=O)O1. The van der Waals surface area contributed by atoms with E-state index < -0.39 is 37.3 Å². The van der Waals surface area contributed by atoms with Crippen molar-refractivity contribution in [3.05, 3.63) is 0 Å². The largest absolute Gasteiger partial charge is 0.478 e. The molecule has 8 heteroatoms. The molecule has 1 saturated heterocycles. The number of carboxylic acid groups (broad SMARTS) is 1. The predicted molar refractivity (Wildman–Crippen MR) is 40.1 cm³/mol. The molecular formula is C7H8F3NO4. The molecule has 0 aromatic carbocycles. The summed E-state index contributed by atoms with van der Waals surface area (Å²) in [5.74, 6) is -1.36. The van der Waals surface area contributed by atoms with Crippen molar-refractivity contribution in [2.75, 3.05) is 13.1 Å². The fourth-order valence-electron chi connectivity index (χ4n) is 1.08. The summed E-state index contributed by atoms with van der Waals surface area (Å²) in [5.41, 5.74) is 0. The van der Waals surface area contributed by atoms with E-state index in [-0.39, 0.29) is 6.54 Å². The topological polar surface area (TPSA) is 66.8 Å². The van der Waals surface area contributed by atoms with Crippen LogP contribution >= 0.6 is 0 Å². The van der Waals surface area contributed by atoms with Crippen molar-refractivity contribution in [1.82, 2.24) is 4.90 Å². The summed E-state index contributed by atoms with van der Waals surface area (Å²) in [5, 5.41) is 8.45. The molecule has 0 aliphatic carbocycles. The number of alkyl halides is 3. The number of amides is 1. The van der Waals surface area contributed by atoms with Crippen LogP contribution in [0.15, 0.2) is 0 Å². The highest BCUT2D eigenvalue weighted by molar-refractivity contribution is 5.81. The third-order valence-electron chi connectivity index (χ3n) is 1.83. The van der Waals surface area contributed by atoms with E-state index in [1.54, 1.807) is 0 Å². The van der Waals surface area contributed by atoms with Crippen LogP contribution in [0.5, 0.6) is 0 Å². The van der Waals surface area contributed by atoms with Gasteiger partial charge in [0.15, 0.2) is 0 Å². The van der Waals surface area contributed by atoms with Gasteiger partial charge < -0.3 is 14.7 Å². The Morgan fingerprint density at radius 2 is 2.20 bits per heavy atom. The van der Waals surface area contributed by atoms with E-state index in [1.807, 2.05) is 0 Å². The van der Waals surface area contributed by atoms with Gasteiger partial charge in [-0.2, -0.15) is 13.2 Å². The van der Waals surface area contributed by atoms with Crippen LogP contribution in [0.3, 0.4) is 0 Å². The zero-order chi connectivity index (χ0) is 11.6. The maximum atomic E-state index is 11.8. The van der Waals surface area contributed by atoms with Gasteiger partial charge in [0.05, 0.1) is 13.0 Å². The van der Waals surface area contributed by atoms with E-state index in [0.717, 1.165) is 4.90 Å². The Hall–Kier alpha value is -1.47. The highest BCUT2D eigenvalue weighted by atomic mass is 19.4. The first-order chi connectivity index (χ1) is 6.79. The lowest BCUT2D eigenvalue weighted by atomic mass is 10.3. The molecule has 1 rings (SSSR count). The summed E-state index contributed by atoms with van der Waals surface area (Å²) in [6.07, 6.45) is -7.94. The molecule has 0 aromatic heterocycles. The Bertz CT molecular complexity index is 278. The Morgan fingerprint density at radius 1 is 1.60 bits per heavy atom. The van der Waals surface area contributed by atoms with Gasteiger partial charge in [-0.1, -0.05) is 0 Å². The van der Waals surface area contributed by atoms with Gasteiger partial charge in [0.1, 0.15) is 0 Å². The fraction of sp³-hybridized carbons (Fsp3) is 0.714. The fourth-order valence-corrected chi connectivity index (χ4v) is 1.08. The number of halogens is 3. The van der Waals surface area contributed by atoms with E-state index in [0.29, 0.717) is 0 Å². The molecule has 1 aliphatic heterocycles. The normalized spacial score (nSPS) is 21.7. The molecule has 15 heavy (non-hydrogen) atoms. The number of carbonyl (C=O) groups excluding carboxylic acids is 1. The summed E-state index contributed by atoms with van der Waals surface area (Å²) >= 11 is 0. The highest BCUT2D eigenvalue weighted by Gasteiger charge is 2.38. The maximum absolute atomic E-state index is 11.8. The molecule has 0 spiro atoms. The molecule has 5 nitrogen and oxygen atoms in total. The van der Waals surface area contributed by atoms with Crippen molar-refractivity contribution in [2.24, 2.45) is 0 Å². The van der Waals surface area contributed by atoms with Crippen molar-refractivity contribution < 1.29 is 32.6 Å². The van der Waals surface area contributed by atoms with Crippen molar-refractivity contribution in [2.45, 2.75) is 18.7 Å². The average Bonchev–Trinajstić information content (AvgIpc) is 2.42. The van der Waals surface area contributed by atoms with Gasteiger partial charge in [0.2, 0.25) is 6.10 Å². The van der Waals surface area contributed by atoms with Crippen LogP contribution in [-0.2, 0) is 9.53 Å². The quantitative estimate of drug-likeness (QED) is 0.775. The number of cyclic esters (lactones) is 1. The van der Waals surface area contributed by atoms with Crippen molar-refractivity contribution in [3.63, 3.8) is 0 Å². The van der Waals surface area contributed by atoms with Crippen LogP contribution in [0.4, 0.5) is 18.0 Å². The minimum absolute atomic E-state index is 0.343. The van der Waals surface area contributed by atoms with E-state index in [4.69, 9.17) is 5.11 Å². The van der Waals surface area contributed by atoms with Crippen molar-refractivity contribution >= 4 is 12.1 Å². The number of carbonyl (C=O) groups is 2. The van der Waals surface area contributed by atoms with Gasteiger partial charge in [0.25, 0.3) is 0 Å². The summed E-state index contributed by atoms with van der Waals surface area (Å²) in [4.78, 5) is 22.0. The van der Waals surface area contributed by atoms with Gasteiger partial charge in [-0.15, -0.1) is 0 Å². The second-order valence-electron chi connectivity index (χ2n) is 3.02. The highest BCUT2D eigenvalue weighted by Crippen LogP contribution is 2.21. The molecule has 1 aliphatic rings. The van der Waals surface area contributed by atoms with E-state index >= 15 is 0 Å². The first-order valence-electron chi connectivity index (χ1n) is 4.05. The standard InChI is InChI=1S/C7H8F3NO4/c8-7(9,10)1-2-11-3-4(5(12)13)15-6(11)14/h4H,1-3H2,(H,12,13). The Morgan fingerprint density at radius 3 is 2.60 bits per heavy atom. The molecule has 1 N–H and O–H groups in total. The second-order valence-corrected chi connectivity index (χ2v) is 3.02. The van der Waals surface area contributed by atoms with Gasteiger partial charge in [-0.25, -0.2) is 9.59 Å². The molecule has 0 aromatic rings. The number of rotatable bonds is 3. The van der Waals surface area contributed by atoms with E-state index in [9.17, 15) is 22.8 Å². The molecule has 1 amide bonds. The molecule has 1 unspecified atom stereocenters. The van der Waals surface area contributed by atoms with Gasteiger partial charge in [-0.05, 0) is 0 Å². The van der Waals surface area contributed by atoms with Gasteiger partial charge in [0, 0.05) is 6.54 Å². The summed E-state index contributed by atoms with van der Waals surface area (Å²) in [7, 11) is 0. The molecule has 0 saturated carbocycles. The van der Waals surface area contributed by atoms with Gasteiger partial charge >= 0.3 is 18.2 Å². The zero-order valence-corrected chi connectivity index (χ0v) is 7.45. The third kappa shape index (κ3) is 3.30. The van der Waals surface area contributed by atoms with Crippen LogP contribution < -0.4 is 0 Å². The number of ether oxygens (including phenoxy) is 1. The minimum atomic E-state index is -4.37. The first kappa shape index (κ1) is 11.6. The van der Waals surface area contributed by atoms with Gasteiger partial charge in [-0.3, -0.25) is 0 Å². The van der Waals surface area contributed by atoms with Crippen LogP contribution in [0, 0.1) is 0 Å². The number of hydrogen-bond acceptors (Lipinski definition) is 3.